The summed E-state index contributed by atoms with van der Waals surface area (Å²) in [5, 5.41) is 3.09. The van der Waals surface area contributed by atoms with Crippen LogP contribution in [0, 0.1) is 11.8 Å². The topological polar surface area (TPSA) is 50.8 Å². The molecule has 0 bridgehead atoms. The zero-order chi connectivity index (χ0) is 14.4. The maximum absolute atomic E-state index is 12.5. The van der Waals surface area contributed by atoms with Gasteiger partial charge in [-0.3, -0.25) is 9.69 Å². The molecule has 1 N–H and O–H groups in total. The number of rotatable bonds is 2. The van der Waals surface area contributed by atoms with Gasteiger partial charge >= 0.3 is 0 Å². The van der Waals surface area contributed by atoms with Crippen molar-refractivity contribution in [3.8, 4) is 5.75 Å². The zero-order valence-corrected chi connectivity index (χ0v) is 12.1. The highest BCUT2D eigenvalue weighted by molar-refractivity contribution is 5.80. The SMILES string of the molecule is CN1C[C@@H](C(=O)NC2COC2)[C@@H]2COc3ccccc3[C@@H]21. The number of ether oxygens (including phenoxy) is 2. The Labute approximate surface area is 124 Å². The lowest BCUT2D eigenvalue weighted by Crippen LogP contribution is -2.51. The third kappa shape index (κ3) is 2.12. The summed E-state index contributed by atoms with van der Waals surface area (Å²) in [6.07, 6.45) is 0. The van der Waals surface area contributed by atoms with E-state index in [1.165, 1.54) is 5.56 Å². The van der Waals surface area contributed by atoms with E-state index in [4.69, 9.17) is 9.47 Å². The summed E-state index contributed by atoms with van der Waals surface area (Å²) in [5.41, 5.74) is 1.21. The molecular formula is C16H20N2O3. The maximum Gasteiger partial charge on any atom is 0.225 e. The molecule has 3 aliphatic heterocycles. The van der Waals surface area contributed by atoms with E-state index in [1.807, 2.05) is 18.2 Å². The molecule has 0 aromatic heterocycles. The van der Waals surface area contributed by atoms with Crippen molar-refractivity contribution in [2.45, 2.75) is 12.1 Å². The summed E-state index contributed by atoms with van der Waals surface area (Å²) in [7, 11) is 2.10. The highest BCUT2D eigenvalue weighted by Gasteiger charge is 2.47. The van der Waals surface area contributed by atoms with E-state index < -0.39 is 0 Å². The van der Waals surface area contributed by atoms with Crippen molar-refractivity contribution in [2.24, 2.45) is 11.8 Å². The molecule has 3 atom stereocenters. The van der Waals surface area contributed by atoms with E-state index in [1.54, 1.807) is 0 Å². The molecule has 112 valence electrons. The van der Waals surface area contributed by atoms with Crippen molar-refractivity contribution in [3.05, 3.63) is 29.8 Å². The third-order valence-corrected chi connectivity index (χ3v) is 4.87. The van der Waals surface area contributed by atoms with Crippen LogP contribution in [0.3, 0.4) is 0 Å². The Hall–Kier alpha value is -1.59. The minimum atomic E-state index is -0.00560. The molecule has 0 aliphatic carbocycles. The van der Waals surface area contributed by atoms with Crippen LogP contribution in [0.4, 0.5) is 0 Å². The van der Waals surface area contributed by atoms with Gasteiger partial charge in [-0.25, -0.2) is 0 Å². The van der Waals surface area contributed by atoms with Crippen molar-refractivity contribution in [2.75, 3.05) is 33.4 Å². The Morgan fingerprint density at radius 2 is 2.10 bits per heavy atom. The van der Waals surface area contributed by atoms with Crippen molar-refractivity contribution >= 4 is 5.91 Å². The number of para-hydroxylation sites is 1. The molecule has 2 fully saturated rings. The first-order valence-corrected chi connectivity index (χ1v) is 7.54. The van der Waals surface area contributed by atoms with Crippen LogP contribution in [-0.4, -0.2) is 50.3 Å². The van der Waals surface area contributed by atoms with Gasteiger partial charge in [-0.1, -0.05) is 18.2 Å². The summed E-state index contributed by atoms with van der Waals surface area (Å²) in [6, 6.07) is 8.63. The average Bonchev–Trinajstić information content (AvgIpc) is 2.80. The van der Waals surface area contributed by atoms with Crippen molar-refractivity contribution in [1.29, 1.82) is 0 Å². The number of carbonyl (C=O) groups is 1. The van der Waals surface area contributed by atoms with Crippen LogP contribution in [0.5, 0.6) is 5.75 Å². The van der Waals surface area contributed by atoms with E-state index in [2.05, 4.69) is 23.3 Å². The highest BCUT2D eigenvalue weighted by Crippen LogP contribution is 2.46. The number of nitrogens with one attached hydrogen (secondary N) is 1. The molecule has 5 nitrogen and oxygen atoms in total. The predicted octanol–water partition coefficient (Wildman–Crippen LogP) is 0.813. The molecule has 0 spiro atoms. The van der Waals surface area contributed by atoms with E-state index in [0.717, 1.165) is 12.3 Å². The van der Waals surface area contributed by atoms with Gasteiger partial charge < -0.3 is 14.8 Å². The van der Waals surface area contributed by atoms with Crippen LogP contribution in [0.2, 0.25) is 0 Å². The van der Waals surface area contributed by atoms with Gasteiger partial charge in [-0.15, -0.1) is 0 Å². The van der Waals surface area contributed by atoms with Gasteiger partial charge in [0.15, 0.2) is 0 Å². The number of benzene rings is 1. The van der Waals surface area contributed by atoms with Crippen molar-refractivity contribution < 1.29 is 14.3 Å². The minimum Gasteiger partial charge on any atom is -0.493 e. The molecule has 0 unspecified atom stereocenters. The van der Waals surface area contributed by atoms with Crippen LogP contribution in [0.25, 0.3) is 0 Å². The number of hydrogen-bond acceptors (Lipinski definition) is 4. The van der Waals surface area contributed by atoms with Gasteiger partial charge in [-0.05, 0) is 13.1 Å². The summed E-state index contributed by atoms with van der Waals surface area (Å²) < 4.78 is 11.0. The average molecular weight is 288 g/mol. The molecule has 0 radical (unpaired) electrons. The number of fused-ring (bicyclic) bond motifs is 3. The van der Waals surface area contributed by atoms with Crippen molar-refractivity contribution in [3.63, 3.8) is 0 Å². The summed E-state index contributed by atoms with van der Waals surface area (Å²) in [4.78, 5) is 14.8. The number of nitrogens with zero attached hydrogens (tertiary/aromatic N) is 1. The lowest BCUT2D eigenvalue weighted by molar-refractivity contribution is -0.130. The molecule has 5 heteroatoms. The molecule has 3 heterocycles. The van der Waals surface area contributed by atoms with Crippen LogP contribution in [0.15, 0.2) is 24.3 Å². The smallest absolute Gasteiger partial charge is 0.225 e. The second-order valence-electron chi connectivity index (χ2n) is 6.25. The molecule has 21 heavy (non-hydrogen) atoms. The molecule has 2 saturated heterocycles. The van der Waals surface area contributed by atoms with Crippen LogP contribution in [-0.2, 0) is 9.53 Å². The lowest BCUT2D eigenvalue weighted by atomic mass is 9.85. The van der Waals surface area contributed by atoms with Crippen LogP contribution < -0.4 is 10.1 Å². The largest absolute Gasteiger partial charge is 0.493 e. The lowest BCUT2D eigenvalue weighted by Gasteiger charge is -2.33. The van der Waals surface area contributed by atoms with Gasteiger partial charge in [0.25, 0.3) is 0 Å². The standard InChI is InChI=1S/C16H20N2O3/c1-18-6-12(16(19)17-10-7-20-8-10)13-9-21-14-5-3-2-4-11(14)15(13)18/h2-5,10,12-13,15H,6-9H2,1H3,(H,17,19)/t12-,13+,15+/m1/s1. The molecule has 1 aromatic carbocycles. The van der Waals surface area contributed by atoms with Crippen LogP contribution in [0.1, 0.15) is 11.6 Å². The fourth-order valence-electron chi connectivity index (χ4n) is 3.73. The summed E-state index contributed by atoms with van der Waals surface area (Å²) in [6.45, 7) is 2.68. The Kier molecular flexibility index (Phi) is 3.12. The molecule has 3 aliphatic rings. The van der Waals surface area contributed by atoms with Crippen molar-refractivity contribution in [1.82, 2.24) is 10.2 Å². The molecule has 0 saturated carbocycles. The molecule has 1 aromatic rings. The summed E-state index contributed by atoms with van der Waals surface area (Å²) >= 11 is 0. The Bertz CT molecular complexity index is 558. The van der Waals surface area contributed by atoms with Gasteiger partial charge in [0.05, 0.1) is 31.8 Å². The van der Waals surface area contributed by atoms with E-state index in [-0.39, 0.29) is 29.8 Å². The first kappa shape index (κ1) is 13.1. The second kappa shape index (κ2) is 5.00. The van der Waals surface area contributed by atoms with E-state index >= 15 is 0 Å². The second-order valence-corrected chi connectivity index (χ2v) is 6.25. The fourth-order valence-corrected chi connectivity index (χ4v) is 3.73. The number of amides is 1. The van der Waals surface area contributed by atoms with Gasteiger partial charge in [-0.2, -0.15) is 0 Å². The Morgan fingerprint density at radius 1 is 1.29 bits per heavy atom. The molecule has 4 rings (SSSR count). The minimum absolute atomic E-state index is 0.00560. The first-order chi connectivity index (χ1) is 10.2. The quantitative estimate of drug-likeness (QED) is 0.875. The van der Waals surface area contributed by atoms with E-state index in [9.17, 15) is 4.79 Å². The molecule has 1 amide bonds. The van der Waals surface area contributed by atoms with Crippen LogP contribution >= 0.6 is 0 Å². The fraction of sp³-hybridized carbons (Fsp3) is 0.562. The van der Waals surface area contributed by atoms with Gasteiger partial charge in [0.1, 0.15) is 5.75 Å². The number of carbonyl (C=O) groups excluding carboxylic acids is 1. The van der Waals surface area contributed by atoms with Gasteiger partial charge in [0, 0.05) is 24.1 Å². The normalized spacial score (nSPS) is 31.8. The van der Waals surface area contributed by atoms with Gasteiger partial charge in [0.2, 0.25) is 5.91 Å². The monoisotopic (exact) mass is 288 g/mol. The number of hydrogen-bond donors (Lipinski definition) is 1. The highest BCUT2D eigenvalue weighted by atomic mass is 16.5. The molecular weight excluding hydrogens is 268 g/mol. The first-order valence-electron chi connectivity index (χ1n) is 7.54. The summed E-state index contributed by atoms with van der Waals surface area (Å²) in [5.74, 6) is 1.32. The number of likely N-dealkylation sites (tertiary alicyclic amines) is 1. The zero-order valence-electron chi connectivity index (χ0n) is 12.1. The Balaban J connectivity index is 1.56. The van der Waals surface area contributed by atoms with E-state index in [0.29, 0.717) is 19.8 Å². The maximum atomic E-state index is 12.5. The third-order valence-electron chi connectivity index (χ3n) is 4.87. The predicted molar refractivity (Wildman–Crippen MR) is 77.0 cm³/mol. The Morgan fingerprint density at radius 3 is 2.86 bits per heavy atom.